The minimum Gasteiger partial charge on any atom is -0.374 e. The van der Waals surface area contributed by atoms with Gasteiger partial charge in [-0.1, -0.05) is 29.3 Å². The molecule has 0 unspecified atom stereocenters. The molecule has 4 heterocycles. The molecule has 1 saturated carbocycles. The van der Waals surface area contributed by atoms with Crippen LogP contribution in [0.4, 0.5) is 0 Å². The Bertz CT molecular complexity index is 640. The number of fused-ring (bicyclic) bond motifs is 4. The number of alkyl halides is 1. The van der Waals surface area contributed by atoms with Crippen molar-refractivity contribution in [1.82, 2.24) is 0 Å². The molecule has 0 aromatic carbocycles. The van der Waals surface area contributed by atoms with Crippen molar-refractivity contribution < 1.29 is 28.4 Å². The molecule has 0 aromatic heterocycles. The Kier molecular flexibility index (Phi) is 4.59. The third-order valence-corrected chi connectivity index (χ3v) is 8.65. The second-order valence-electron chi connectivity index (χ2n) is 10.1. The van der Waals surface area contributed by atoms with Crippen LogP contribution in [0.5, 0.6) is 0 Å². The lowest BCUT2D eigenvalue weighted by atomic mass is 9.62. The smallest absolute Gasteiger partial charge is 0.188 e. The zero-order chi connectivity index (χ0) is 19.9. The number of ether oxygens (including phenoxy) is 6. The van der Waals surface area contributed by atoms with Gasteiger partial charge in [0.1, 0.15) is 12.2 Å². The number of rotatable bonds is 3. The minimum absolute atomic E-state index is 0.110. The second-order valence-corrected chi connectivity index (χ2v) is 10.7. The molecular weight excluding hydrogens is 428 g/mol. The van der Waals surface area contributed by atoms with Crippen LogP contribution in [0.3, 0.4) is 0 Å². The van der Waals surface area contributed by atoms with Gasteiger partial charge in [0.05, 0.1) is 24.9 Å². The third-order valence-electron chi connectivity index (χ3n) is 7.70. The van der Waals surface area contributed by atoms with Gasteiger partial charge >= 0.3 is 0 Å². The first-order chi connectivity index (χ1) is 13.2. The molecule has 28 heavy (non-hydrogen) atoms. The van der Waals surface area contributed by atoms with E-state index in [2.05, 4.69) is 22.9 Å². The zero-order valence-corrected chi connectivity index (χ0v) is 19.1. The number of hydrogen-bond acceptors (Lipinski definition) is 6. The molecule has 8 atom stereocenters. The third kappa shape index (κ3) is 2.66. The summed E-state index contributed by atoms with van der Waals surface area (Å²) in [6.07, 6.45) is 2.36. The zero-order valence-electron chi connectivity index (χ0n) is 17.5. The van der Waals surface area contributed by atoms with E-state index in [1.807, 2.05) is 27.7 Å². The Hall–Kier alpha value is 0.240. The topological polar surface area (TPSA) is 55.4 Å². The average Bonchev–Trinajstić information content (AvgIpc) is 3.37. The van der Waals surface area contributed by atoms with E-state index in [1.165, 1.54) is 0 Å². The van der Waals surface area contributed by atoms with Crippen molar-refractivity contribution in [3.05, 3.63) is 0 Å². The maximum Gasteiger partial charge on any atom is 0.188 e. The highest BCUT2D eigenvalue weighted by Crippen LogP contribution is 2.68. The van der Waals surface area contributed by atoms with Crippen LogP contribution in [0, 0.1) is 17.3 Å². The standard InChI is InChI=1S/C21H33BrO6/c1-6-12-9-24-20(11-22)7-8-21(14(12)20)15(13-10-23-18(2,3)26-13)25-17-16(21)27-19(4,5)28-17/h12-17H,6-11H2,1-5H3/t12-,13-,14-,15-,16+,17-,20-,21-/m1/s1. The highest BCUT2D eigenvalue weighted by molar-refractivity contribution is 9.09. The van der Waals surface area contributed by atoms with E-state index in [0.29, 0.717) is 18.4 Å². The van der Waals surface area contributed by atoms with E-state index < -0.39 is 11.6 Å². The van der Waals surface area contributed by atoms with Crippen molar-refractivity contribution in [3.8, 4) is 0 Å². The summed E-state index contributed by atoms with van der Waals surface area (Å²) in [6.45, 7) is 11.5. The highest BCUT2D eigenvalue weighted by atomic mass is 79.9. The molecule has 0 radical (unpaired) electrons. The number of hydrogen-bond donors (Lipinski definition) is 0. The van der Waals surface area contributed by atoms with Gasteiger partial charge in [-0.3, -0.25) is 0 Å². The van der Waals surface area contributed by atoms with Crippen LogP contribution < -0.4 is 0 Å². The summed E-state index contributed by atoms with van der Waals surface area (Å²) in [4.78, 5) is 0. The summed E-state index contributed by atoms with van der Waals surface area (Å²) in [5, 5.41) is 0.838. The van der Waals surface area contributed by atoms with Crippen molar-refractivity contribution in [1.29, 1.82) is 0 Å². The first kappa shape index (κ1) is 20.2. The summed E-state index contributed by atoms with van der Waals surface area (Å²) >= 11 is 3.78. The second kappa shape index (κ2) is 6.38. The molecular formula is C21H33BrO6. The van der Waals surface area contributed by atoms with E-state index in [9.17, 15) is 0 Å². The lowest BCUT2D eigenvalue weighted by molar-refractivity contribution is -0.243. The van der Waals surface area contributed by atoms with Crippen molar-refractivity contribution >= 4 is 15.9 Å². The summed E-state index contributed by atoms with van der Waals surface area (Å²) in [7, 11) is 0. The molecule has 5 aliphatic rings. The van der Waals surface area contributed by atoms with E-state index >= 15 is 0 Å². The van der Waals surface area contributed by atoms with Crippen molar-refractivity contribution in [2.45, 2.75) is 95.7 Å². The summed E-state index contributed by atoms with van der Waals surface area (Å²) in [5.41, 5.74) is -0.361. The fourth-order valence-corrected chi connectivity index (χ4v) is 7.52. The molecule has 5 rings (SSSR count). The van der Waals surface area contributed by atoms with Crippen LogP contribution in [0.2, 0.25) is 0 Å². The van der Waals surface area contributed by atoms with E-state index in [0.717, 1.165) is 31.2 Å². The molecule has 6 nitrogen and oxygen atoms in total. The lowest BCUT2D eigenvalue weighted by Gasteiger charge is -2.44. The van der Waals surface area contributed by atoms with Crippen LogP contribution in [0.15, 0.2) is 0 Å². The maximum atomic E-state index is 6.60. The van der Waals surface area contributed by atoms with Crippen LogP contribution >= 0.6 is 15.9 Å². The molecule has 0 aromatic rings. The largest absolute Gasteiger partial charge is 0.374 e. The predicted molar refractivity (Wildman–Crippen MR) is 105 cm³/mol. The van der Waals surface area contributed by atoms with Gasteiger partial charge in [-0.2, -0.15) is 0 Å². The molecule has 1 spiro atoms. The first-order valence-electron chi connectivity index (χ1n) is 10.7. The molecule has 7 heteroatoms. The summed E-state index contributed by atoms with van der Waals surface area (Å²) in [5.74, 6) is -0.405. The van der Waals surface area contributed by atoms with Gasteiger partial charge in [-0.25, -0.2) is 0 Å². The molecule has 4 saturated heterocycles. The maximum absolute atomic E-state index is 6.60. The normalized spacial score (nSPS) is 53.8. The molecule has 160 valence electrons. The quantitative estimate of drug-likeness (QED) is 0.599. The molecule has 0 bridgehead atoms. The summed E-state index contributed by atoms with van der Waals surface area (Å²) in [6, 6.07) is 0. The lowest BCUT2D eigenvalue weighted by Crippen LogP contribution is -2.54. The fourth-order valence-electron chi connectivity index (χ4n) is 6.73. The average molecular weight is 461 g/mol. The van der Waals surface area contributed by atoms with Crippen LogP contribution in [-0.4, -0.2) is 60.3 Å². The number of halogens is 1. The van der Waals surface area contributed by atoms with Gasteiger partial charge in [0, 0.05) is 16.7 Å². The van der Waals surface area contributed by atoms with Crippen molar-refractivity contribution in [2.24, 2.45) is 17.3 Å². The van der Waals surface area contributed by atoms with Crippen LogP contribution in [0.25, 0.3) is 0 Å². The van der Waals surface area contributed by atoms with E-state index in [1.54, 1.807) is 0 Å². The van der Waals surface area contributed by atoms with Crippen molar-refractivity contribution in [2.75, 3.05) is 18.5 Å². The molecule has 5 fully saturated rings. The molecule has 4 aliphatic heterocycles. The van der Waals surface area contributed by atoms with Gasteiger partial charge < -0.3 is 28.4 Å². The molecule has 0 amide bonds. The van der Waals surface area contributed by atoms with Crippen molar-refractivity contribution in [3.63, 3.8) is 0 Å². The van der Waals surface area contributed by atoms with E-state index in [-0.39, 0.29) is 35.6 Å². The van der Waals surface area contributed by atoms with Gasteiger partial charge in [0.15, 0.2) is 17.9 Å². The van der Waals surface area contributed by atoms with Gasteiger partial charge in [0.25, 0.3) is 0 Å². The monoisotopic (exact) mass is 460 g/mol. The predicted octanol–water partition coefficient (Wildman–Crippen LogP) is 3.60. The SMILES string of the molecule is CC[C@@H]1CO[C@@]2(CBr)CC[C@]3([C@@H]([C@H]4COC(C)(C)O4)O[C@@H]4OC(C)(C)O[C@@H]43)[C@H]12. The van der Waals surface area contributed by atoms with Gasteiger partial charge in [-0.15, -0.1) is 0 Å². The Morgan fingerprint density at radius 3 is 2.32 bits per heavy atom. The van der Waals surface area contributed by atoms with Gasteiger partial charge in [0.2, 0.25) is 0 Å². The Labute approximate surface area is 176 Å². The highest BCUT2D eigenvalue weighted by Gasteiger charge is 2.76. The summed E-state index contributed by atoms with van der Waals surface area (Å²) < 4.78 is 38.0. The van der Waals surface area contributed by atoms with Crippen LogP contribution in [0.1, 0.15) is 53.9 Å². The molecule has 1 aliphatic carbocycles. The Balaban J connectivity index is 1.58. The fraction of sp³-hybridized carbons (Fsp3) is 1.00. The first-order valence-corrected chi connectivity index (χ1v) is 11.8. The van der Waals surface area contributed by atoms with Crippen LogP contribution in [-0.2, 0) is 28.4 Å². The molecule has 0 N–H and O–H groups in total. The Morgan fingerprint density at radius 1 is 0.893 bits per heavy atom. The Morgan fingerprint density at radius 2 is 1.68 bits per heavy atom. The van der Waals surface area contributed by atoms with E-state index in [4.69, 9.17) is 28.4 Å². The minimum atomic E-state index is -0.638. The van der Waals surface area contributed by atoms with Gasteiger partial charge in [-0.05, 0) is 46.5 Å².